The molecule has 0 amide bonds. The number of rotatable bonds is 7. The summed E-state index contributed by atoms with van der Waals surface area (Å²) in [5.74, 6) is 0. The standard InChI is InChI=1S/H22Si10/c1-3-5-7-9-10-8-6-4-2/h3-10H2,1-2H3. The lowest BCUT2D eigenvalue weighted by Gasteiger charge is -1.93. The van der Waals surface area contributed by atoms with Crippen LogP contribution >= 0.6 is 0 Å². The van der Waals surface area contributed by atoms with Crippen molar-refractivity contribution in [1.29, 1.82) is 0 Å². The van der Waals surface area contributed by atoms with Crippen molar-refractivity contribution in [3.8, 4) is 0 Å². The Bertz CT molecular complexity index is 40.0. The van der Waals surface area contributed by atoms with Crippen molar-refractivity contribution in [3.63, 3.8) is 0 Å². The zero-order valence-electron chi connectivity index (χ0n) is 7.66. The maximum Gasteiger partial charge on any atom is -0.00934 e. The van der Waals surface area contributed by atoms with E-state index in [2.05, 4.69) is 0 Å². The molecule has 0 saturated heterocycles. The van der Waals surface area contributed by atoms with E-state index in [1.807, 2.05) is 0 Å². The van der Waals surface area contributed by atoms with Crippen LogP contribution in [0.2, 0.25) is 0 Å². The summed E-state index contributed by atoms with van der Waals surface area (Å²) in [6.07, 6.45) is 0. The predicted molar refractivity (Wildman–Crippen MR) is 88.2 cm³/mol. The normalized spacial score (nSPS) is 20.4. The van der Waals surface area contributed by atoms with Crippen LogP contribution < -0.4 is 0 Å². The molecule has 62 valence electrons. The van der Waals surface area contributed by atoms with Gasteiger partial charge >= 0.3 is 0 Å². The summed E-state index contributed by atoms with van der Waals surface area (Å²) >= 11 is 0. The van der Waals surface area contributed by atoms with Gasteiger partial charge in [-0.3, -0.25) is 0 Å². The smallest absolute Gasteiger partial charge is 0.00934 e. The van der Waals surface area contributed by atoms with Crippen LogP contribution in [-0.2, 0) is 0 Å². The van der Waals surface area contributed by atoms with Crippen LogP contribution in [0.3, 0.4) is 0 Å². The van der Waals surface area contributed by atoms with Gasteiger partial charge in [0, 0.05) is 0 Å². The third-order valence-corrected chi connectivity index (χ3v) is 159. The highest BCUT2D eigenvalue weighted by atomic mass is 30.0. The van der Waals surface area contributed by atoms with Gasteiger partial charge in [0.25, 0.3) is 0 Å². The zero-order chi connectivity index (χ0) is 7.66. The van der Waals surface area contributed by atoms with E-state index in [4.69, 9.17) is 0 Å². The van der Waals surface area contributed by atoms with E-state index in [1.54, 1.807) is 19.5 Å². The molecule has 0 aromatic carbocycles. The van der Waals surface area contributed by atoms with E-state index >= 15 is 0 Å². The first-order chi connectivity index (χ1) is 4.91. The first kappa shape index (κ1) is 12.2. The maximum absolute atomic E-state index is 1.71. The lowest BCUT2D eigenvalue weighted by molar-refractivity contribution is 3.84. The lowest BCUT2D eigenvalue weighted by atomic mass is 26.2. The van der Waals surface area contributed by atoms with Gasteiger partial charge in [0.1, 0.15) is 0 Å². The minimum atomic E-state index is 0.813. The predicted octanol–water partition coefficient (Wildman–Crippen LogP) is -9.70. The van der Waals surface area contributed by atoms with E-state index in [1.165, 1.54) is 0 Å². The number of hydrogen-bond acceptors (Lipinski definition) is 0. The first-order valence-electron chi connectivity index (χ1n) is 4.91. The zero-order valence-corrected chi connectivity index (χ0v) is 23.0. The van der Waals surface area contributed by atoms with Crippen LogP contribution in [0.25, 0.3) is 0 Å². The van der Waals surface area contributed by atoms with Gasteiger partial charge in [0.2, 0.25) is 0 Å². The molecule has 10 heteroatoms. The quantitative estimate of drug-likeness (QED) is 0.324. The summed E-state index contributed by atoms with van der Waals surface area (Å²) in [7, 11) is 10.4. The molecular weight excluding hydrogens is 281 g/mol. The molecule has 0 rings (SSSR count). The molecule has 0 aromatic rings. The Morgan fingerprint density at radius 3 is 1.10 bits per heavy atom. The van der Waals surface area contributed by atoms with Gasteiger partial charge in [-0.25, -0.2) is 0 Å². The Labute approximate surface area is 87.4 Å². The van der Waals surface area contributed by atoms with Crippen molar-refractivity contribution < 1.29 is 0 Å². The molecule has 0 fully saturated rings. The van der Waals surface area contributed by atoms with Gasteiger partial charge in [-0.1, -0.05) is 0 Å². The molecule has 0 unspecified atom stereocenters. The fourth-order valence-corrected chi connectivity index (χ4v) is 293. The molecule has 0 radical (unpaired) electrons. The first-order valence-corrected chi connectivity index (χ1v) is 44.2. The molecule has 0 atom stereocenters. The Balaban J connectivity index is 2.65. The SMILES string of the molecule is [SiH3][SiH2][SiH2][SiH2][SiH2][SiH2][SiH2][SiH2][SiH2][SiH3]. The summed E-state index contributed by atoms with van der Waals surface area (Å²) in [6.45, 7) is 0. The lowest BCUT2D eigenvalue weighted by Crippen LogP contribution is -2.30. The van der Waals surface area contributed by atoms with Crippen LogP contribution in [0.1, 0.15) is 0 Å². The third kappa shape index (κ3) is 10.2. The molecule has 10 heavy (non-hydrogen) atoms. The van der Waals surface area contributed by atoms with Crippen LogP contribution in [0.15, 0.2) is 0 Å². The molecule has 0 aromatic heterocycles. The fraction of sp³-hybridized carbons (Fsp3) is 0. The molecule has 0 N–H and O–H groups in total. The second kappa shape index (κ2) is 11.2. The topological polar surface area (TPSA) is 0 Å². The third-order valence-electron chi connectivity index (χ3n) is 1.96. The highest BCUT2D eigenvalue weighted by Gasteiger charge is 1.92. The monoisotopic (exact) mass is 302 g/mol. The highest BCUT2D eigenvalue weighted by molar-refractivity contribution is 7.68. The van der Waals surface area contributed by atoms with E-state index in [-0.39, 0.29) is 0 Å². The molecule has 0 heterocycles. The summed E-state index contributed by atoms with van der Waals surface area (Å²) in [4.78, 5) is 0. The van der Waals surface area contributed by atoms with Crippen LogP contribution in [0.5, 0.6) is 0 Å². The van der Waals surface area contributed by atoms with Crippen LogP contribution in [0, 0.1) is 0 Å². The minimum Gasteiger partial charge on any atom is -0.0120 e. The molecule has 0 bridgehead atoms. The summed E-state index contributed by atoms with van der Waals surface area (Å²) in [5, 5.41) is 0. The van der Waals surface area contributed by atoms with Gasteiger partial charge in [-0.2, -0.15) is 0 Å². The van der Waals surface area contributed by atoms with Crippen molar-refractivity contribution in [1.82, 2.24) is 0 Å². The van der Waals surface area contributed by atoms with Crippen LogP contribution in [-0.4, -0.2) is 88.0 Å². The van der Waals surface area contributed by atoms with E-state index in [0.717, 1.165) is 68.4 Å². The maximum atomic E-state index is 1.71. The van der Waals surface area contributed by atoms with Crippen molar-refractivity contribution in [2.24, 2.45) is 0 Å². The summed E-state index contributed by atoms with van der Waals surface area (Å²) in [5.41, 5.74) is 0. The van der Waals surface area contributed by atoms with E-state index in [9.17, 15) is 0 Å². The second-order valence-corrected chi connectivity index (χ2v) is 84.3. The van der Waals surface area contributed by atoms with Gasteiger partial charge in [-0.15, -0.1) is 0 Å². The molecular formula is H22Si10. The van der Waals surface area contributed by atoms with Gasteiger partial charge in [0.05, 0.1) is 0 Å². The molecule has 0 aliphatic rings. The molecule has 0 aliphatic carbocycles. The molecule has 0 spiro atoms. The van der Waals surface area contributed by atoms with Gasteiger partial charge in [-0.05, 0) is 88.0 Å². The van der Waals surface area contributed by atoms with Crippen molar-refractivity contribution in [2.75, 3.05) is 0 Å². The van der Waals surface area contributed by atoms with Crippen LogP contribution in [0.4, 0.5) is 0 Å². The van der Waals surface area contributed by atoms with E-state index in [0.29, 0.717) is 0 Å². The molecule has 0 aliphatic heterocycles. The average molecular weight is 303 g/mol. The summed E-state index contributed by atoms with van der Waals surface area (Å²) in [6, 6.07) is 0. The van der Waals surface area contributed by atoms with Crippen molar-refractivity contribution >= 4 is 88.0 Å². The number of hydrogen-bond donors (Lipinski definition) is 0. The minimum absolute atomic E-state index is 0.813. The van der Waals surface area contributed by atoms with E-state index < -0.39 is 0 Å². The summed E-state index contributed by atoms with van der Waals surface area (Å²) < 4.78 is 0. The Morgan fingerprint density at radius 1 is 0.500 bits per heavy atom. The largest absolute Gasteiger partial charge is 0.0120 e. The molecule has 0 nitrogen and oxygen atoms in total. The Morgan fingerprint density at radius 2 is 0.800 bits per heavy atom. The van der Waals surface area contributed by atoms with Crippen molar-refractivity contribution in [3.05, 3.63) is 0 Å². The fourth-order valence-electron chi connectivity index (χ4n) is 1.21. The Kier molecular flexibility index (Phi) is 13.6. The van der Waals surface area contributed by atoms with Gasteiger partial charge in [0.15, 0.2) is 0 Å². The van der Waals surface area contributed by atoms with Gasteiger partial charge < -0.3 is 0 Å². The average Bonchev–Trinajstić information content (AvgIpc) is 1.97. The van der Waals surface area contributed by atoms with Crippen molar-refractivity contribution in [2.45, 2.75) is 0 Å². The molecule has 0 saturated carbocycles. The second-order valence-electron chi connectivity index (χ2n) is 3.12. The highest BCUT2D eigenvalue weighted by Crippen LogP contribution is 1.54. The Hall–Kier alpha value is 2.17.